The van der Waals surface area contributed by atoms with Gasteiger partial charge in [0, 0.05) is 13.1 Å². The first-order valence-corrected chi connectivity index (χ1v) is 7.30. The van der Waals surface area contributed by atoms with Crippen LogP contribution in [0.15, 0.2) is 12.1 Å². The van der Waals surface area contributed by atoms with Gasteiger partial charge in [0.25, 0.3) is 0 Å². The minimum absolute atomic E-state index is 0.264. The first kappa shape index (κ1) is 17.1. The number of halogens is 1. The molecule has 1 aromatic carbocycles. The van der Waals surface area contributed by atoms with Crippen LogP contribution in [-0.2, 0) is 6.54 Å². The molecule has 4 heteroatoms. The lowest BCUT2D eigenvalue weighted by molar-refractivity contribution is 0.238. The van der Waals surface area contributed by atoms with Gasteiger partial charge in [0.1, 0.15) is 0 Å². The second kappa shape index (κ2) is 7.19. The largest absolute Gasteiger partial charge is 0.493 e. The fourth-order valence-electron chi connectivity index (χ4n) is 1.81. The van der Waals surface area contributed by atoms with Crippen LogP contribution < -0.4 is 14.8 Å². The molecule has 0 fully saturated rings. The van der Waals surface area contributed by atoms with Crippen LogP contribution in [0.25, 0.3) is 0 Å². The van der Waals surface area contributed by atoms with Crippen molar-refractivity contribution in [2.24, 2.45) is 11.3 Å². The van der Waals surface area contributed by atoms with Crippen molar-refractivity contribution < 1.29 is 9.47 Å². The second-order valence-electron chi connectivity index (χ2n) is 6.06. The summed E-state index contributed by atoms with van der Waals surface area (Å²) >= 11 is 6.20. The normalized spacial score (nSPS) is 11.8. The number of hydrogen-bond acceptors (Lipinski definition) is 3. The Balaban J connectivity index is 2.72. The van der Waals surface area contributed by atoms with Crippen LogP contribution in [0, 0.1) is 11.3 Å². The molecule has 1 rings (SSSR count). The highest BCUT2D eigenvalue weighted by atomic mass is 35.5. The highest BCUT2D eigenvalue weighted by Crippen LogP contribution is 2.36. The summed E-state index contributed by atoms with van der Waals surface area (Å²) in [6.45, 7) is 10.7. The number of nitrogens with one attached hydrogen (secondary N) is 1. The summed E-state index contributed by atoms with van der Waals surface area (Å²) in [5.74, 6) is 1.88. The van der Waals surface area contributed by atoms with E-state index in [1.165, 1.54) is 0 Å². The fraction of sp³-hybridized carbons (Fsp3) is 0.625. The van der Waals surface area contributed by atoms with E-state index in [9.17, 15) is 0 Å². The van der Waals surface area contributed by atoms with Crippen molar-refractivity contribution >= 4 is 11.6 Å². The molecular formula is C16H26ClNO2. The van der Waals surface area contributed by atoms with E-state index in [-0.39, 0.29) is 5.41 Å². The van der Waals surface area contributed by atoms with Gasteiger partial charge >= 0.3 is 0 Å². The van der Waals surface area contributed by atoms with Crippen LogP contribution in [-0.4, -0.2) is 20.8 Å². The van der Waals surface area contributed by atoms with Gasteiger partial charge in [-0.1, -0.05) is 39.3 Å². The summed E-state index contributed by atoms with van der Waals surface area (Å²) in [5, 5.41) is 4.06. The van der Waals surface area contributed by atoms with Gasteiger partial charge in [-0.2, -0.15) is 0 Å². The van der Waals surface area contributed by atoms with Gasteiger partial charge in [-0.15, -0.1) is 0 Å². The molecule has 0 bridgehead atoms. The zero-order valence-corrected chi connectivity index (χ0v) is 14.1. The molecule has 1 aromatic rings. The molecule has 0 radical (unpaired) electrons. The highest BCUT2D eigenvalue weighted by Gasteiger charge is 2.21. The van der Waals surface area contributed by atoms with E-state index < -0.39 is 0 Å². The van der Waals surface area contributed by atoms with E-state index in [1.54, 1.807) is 14.2 Å². The minimum atomic E-state index is 0.264. The van der Waals surface area contributed by atoms with Gasteiger partial charge in [0.15, 0.2) is 11.5 Å². The van der Waals surface area contributed by atoms with Crippen LogP contribution in [0.5, 0.6) is 11.5 Å². The number of ether oxygens (including phenoxy) is 2. The van der Waals surface area contributed by atoms with Crippen LogP contribution in [0.1, 0.15) is 33.3 Å². The van der Waals surface area contributed by atoms with E-state index in [0.717, 1.165) is 18.7 Å². The average Bonchev–Trinajstić information content (AvgIpc) is 2.37. The van der Waals surface area contributed by atoms with Gasteiger partial charge < -0.3 is 14.8 Å². The summed E-state index contributed by atoms with van der Waals surface area (Å²) < 4.78 is 10.5. The topological polar surface area (TPSA) is 30.5 Å². The van der Waals surface area contributed by atoms with Crippen molar-refractivity contribution in [1.29, 1.82) is 0 Å². The quantitative estimate of drug-likeness (QED) is 0.821. The first-order chi connectivity index (χ1) is 9.31. The number of hydrogen-bond donors (Lipinski definition) is 1. The van der Waals surface area contributed by atoms with Gasteiger partial charge in [-0.25, -0.2) is 0 Å². The van der Waals surface area contributed by atoms with Crippen molar-refractivity contribution in [1.82, 2.24) is 5.32 Å². The predicted molar refractivity (Wildman–Crippen MR) is 84.9 cm³/mol. The predicted octanol–water partition coefficient (Wildman–Crippen LogP) is 4.13. The molecular weight excluding hydrogens is 274 g/mol. The summed E-state index contributed by atoms with van der Waals surface area (Å²) in [5.41, 5.74) is 1.35. The Bertz CT molecular complexity index is 444. The number of benzene rings is 1. The third kappa shape index (κ3) is 4.29. The average molecular weight is 300 g/mol. The van der Waals surface area contributed by atoms with E-state index in [2.05, 4.69) is 33.0 Å². The molecule has 20 heavy (non-hydrogen) atoms. The van der Waals surface area contributed by atoms with Gasteiger partial charge in [0.05, 0.1) is 19.2 Å². The van der Waals surface area contributed by atoms with Crippen LogP contribution in [0.2, 0.25) is 5.02 Å². The molecule has 0 aromatic heterocycles. The van der Waals surface area contributed by atoms with Crippen molar-refractivity contribution in [3.63, 3.8) is 0 Å². The molecule has 0 aliphatic heterocycles. The monoisotopic (exact) mass is 299 g/mol. The van der Waals surface area contributed by atoms with E-state index >= 15 is 0 Å². The molecule has 1 N–H and O–H groups in total. The minimum Gasteiger partial charge on any atom is -0.493 e. The lowest BCUT2D eigenvalue weighted by atomic mass is 9.81. The third-order valence-electron chi connectivity index (χ3n) is 3.97. The van der Waals surface area contributed by atoms with Crippen LogP contribution in [0.4, 0.5) is 0 Å². The molecule has 0 saturated carbocycles. The van der Waals surface area contributed by atoms with E-state index in [4.69, 9.17) is 21.1 Å². The maximum absolute atomic E-state index is 6.20. The fourth-order valence-corrected chi connectivity index (χ4v) is 2.12. The summed E-state index contributed by atoms with van der Waals surface area (Å²) in [7, 11) is 3.21. The number of methoxy groups -OCH3 is 2. The molecule has 0 atom stereocenters. The molecule has 3 nitrogen and oxygen atoms in total. The van der Waals surface area contributed by atoms with E-state index in [1.807, 2.05) is 12.1 Å². The number of rotatable bonds is 7. The molecule has 114 valence electrons. The zero-order valence-electron chi connectivity index (χ0n) is 13.3. The highest BCUT2D eigenvalue weighted by molar-refractivity contribution is 6.32. The molecule has 0 heterocycles. The Kier molecular flexibility index (Phi) is 6.15. The molecule has 0 spiro atoms. The Hall–Kier alpha value is -0.930. The maximum atomic E-state index is 6.20. The summed E-state index contributed by atoms with van der Waals surface area (Å²) in [6.07, 6.45) is 0. The Morgan fingerprint density at radius 2 is 1.85 bits per heavy atom. The molecule has 0 unspecified atom stereocenters. The molecule has 0 saturated heterocycles. The van der Waals surface area contributed by atoms with Crippen LogP contribution >= 0.6 is 11.6 Å². The van der Waals surface area contributed by atoms with Crippen molar-refractivity contribution in [2.75, 3.05) is 20.8 Å². The van der Waals surface area contributed by atoms with Crippen molar-refractivity contribution in [3.05, 3.63) is 22.7 Å². The Labute approximate surface area is 127 Å². The van der Waals surface area contributed by atoms with Gasteiger partial charge in [-0.05, 0) is 29.0 Å². The molecule has 0 aliphatic carbocycles. The first-order valence-electron chi connectivity index (χ1n) is 6.93. The Morgan fingerprint density at radius 3 is 2.35 bits per heavy atom. The smallest absolute Gasteiger partial charge is 0.179 e. The van der Waals surface area contributed by atoms with Crippen LogP contribution in [0.3, 0.4) is 0 Å². The third-order valence-corrected chi connectivity index (χ3v) is 4.25. The van der Waals surface area contributed by atoms with Crippen molar-refractivity contribution in [3.8, 4) is 11.5 Å². The summed E-state index contributed by atoms with van der Waals surface area (Å²) in [6, 6.07) is 3.87. The second-order valence-corrected chi connectivity index (χ2v) is 6.47. The SMILES string of the molecule is COc1cc(CNCC(C)(C)C(C)C)cc(Cl)c1OC. The lowest BCUT2D eigenvalue weighted by Crippen LogP contribution is -2.33. The van der Waals surface area contributed by atoms with Crippen molar-refractivity contribution in [2.45, 2.75) is 34.2 Å². The Morgan fingerprint density at radius 1 is 1.20 bits per heavy atom. The van der Waals surface area contributed by atoms with E-state index in [0.29, 0.717) is 22.4 Å². The van der Waals surface area contributed by atoms with Gasteiger partial charge in [-0.3, -0.25) is 0 Å². The maximum Gasteiger partial charge on any atom is 0.179 e. The zero-order chi connectivity index (χ0) is 15.3. The molecule has 0 amide bonds. The summed E-state index contributed by atoms with van der Waals surface area (Å²) in [4.78, 5) is 0. The lowest BCUT2D eigenvalue weighted by Gasteiger charge is -2.29. The van der Waals surface area contributed by atoms with Gasteiger partial charge in [0.2, 0.25) is 0 Å². The molecule has 0 aliphatic rings. The standard InChI is InChI=1S/C16H26ClNO2/c1-11(2)16(3,4)10-18-9-12-7-13(17)15(20-6)14(8-12)19-5/h7-8,11,18H,9-10H2,1-6H3.